The van der Waals surface area contributed by atoms with Gasteiger partial charge in [-0.1, -0.05) is 6.07 Å². The van der Waals surface area contributed by atoms with Gasteiger partial charge in [0, 0.05) is 23.3 Å². The van der Waals surface area contributed by atoms with E-state index in [0.29, 0.717) is 36.0 Å². The molecule has 0 amide bonds. The van der Waals surface area contributed by atoms with Crippen molar-refractivity contribution in [1.82, 2.24) is 0 Å². The number of aliphatic hydroxyl groups is 1. The fraction of sp³-hybridized carbons (Fsp3) is 0.381. The van der Waals surface area contributed by atoms with Crippen LogP contribution in [-0.2, 0) is 16.3 Å². The third kappa shape index (κ3) is 3.04. The molecule has 0 saturated heterocycles. The Morgan fingerprint density at radius 3 is 2.55 bits per heavy atom. The van der Waals surface area contributed by atoms with Crippen LogP contribution in [0.15, 0.2) is 29.2 Å². The molecule has 1 unspecified atom stereocenters. The van der Waals surface area contributed by atoms with Gasteiger partial charge in [-0.2, -0.15) is 5.26 Å². The summed E-state index contributed by atoms with van der Waals surface area (Å²) in [4.78, 5) is -0.304. The summed E-state index contributed by atoms with van der Waals surface area (Å²) >= 11 is 0. The highest BCUT2D eigenvalue weighted by Gasteiger charge is 2.46. The largest absolute Gasteiger partial charge is 0.385 e. The number of sulfone groups is 1. The van der Waals surface area contributed by atoms with Crippen molar-refractivity contribution in [3.8, 4) is 6.07 Å². The molecule has 2 aliphatic carbocycles. The highest BCUT2D eigenvalue weighted by Crippen LogP contribution is 2.51. The maximum Gasteiger partial charge on any atom is 0.175 e. The van der Waals surface area contributed by atoms with E-state index in [1.807, 2.05) is 6.07 Å². The first-order valence-corrected chi connectivity index (χ1v) is 11.1. The zero-order chi connectivity index (χ0) is 21.1. The highest BCUT2D eigenvalue weighted by molar-refractivity contribution is 7.90. The SMILES string of the molecule is CS(=O)(=O)c1ccc([C@H]2CCCc3cc(F)cc(C#N)c32)c2c1[C@H](O)[C@H](F)C2F. The molecule has 4 atom stereocenters. The van der Waals surface area contributed by atoms with Gasteiger partial charge in [0.2, 0.25) is 0 Å². The van der Waals surface area contributed by atoms with Gasteiger partial charge < -0.3 is 5.11 Å². The number of nitrogens with zero attached hydrogens (tertiary/aromatic N) is 1. The maximum absolute atomic E-state index is 14.9. The molecule has 4 rings (SSSR count). The number of hydrogen-bond acceptors (Lipinski definition) is 4. The van der Waals surface area contributed by atoms with E-state index in [-0.39, 0.29) is 21.6 Å². The molecule has 2 aliphatic rings. The first kappa shape index (κ1) is 19.9. The lowest BCUT2D eigenvalue weighted by Gasteiger charge is -2.29. The monoisotopic (exact) mass is 421 g/mol. The van der Waals surface area contributed by atoms with E-state index < -0.39 is 40.0 Å². The summed E-state index contributed by atoms with van der Waals surface area (Å²) in [5.74, 6) is -1.06. The van der Waals surface area contributed by atoms with E-state index in [9.17, 15) is 32.0 Å². The Labute approximate surface area is 166 Å². The molecule has 0 bridgehead atoms. The summed E-state index contributed by atoms with van der Waals surface area (Å²) in [6.07, 6.45) is -3.73. The Morgan fingerprint density at radius 2 is 1.90 bits per heavy atom. The van der Waals surface area contributed by atoms with Crippen LogP contribution < -0.4 is 0 Å². The number of rotatable bonds is 2. The average molecular weight is 421 g/mol. The minimum atomic E-state index is -3.83. The summed E-state index contributed by atoms with van der Waals surface area (Å²) < 4.78 is 67.5. The second kappa shape index (κ2) is 6.85. The molecule has 8 heteroatoms. The van der Waals surface area contributed by atoms with Crippen molar-refractivity contribution in [3.63, 3.8) is 0 Å². The molecule has 0 heterocycles. The van der Waals surface area contributed by atoms with Crippen molar-refractivity contribution in [3.05, 3.63) is 63.5 Å². The van der Waals surface area contributed by atoms with Crippen LogP contribution in [0.3, 0.4) is 0 Å². The first-order chi connectivity index (χ1) is 13.6. The normalized spacial score (nSPS) is 25.9. The predicted octanol–water partition coefficient (Wildman–Crippen LogP) is 3.96. The van der Waals surface area contributed by atoms with Gasteiger partial charge >= 0.3 is 0 Å². The molecule has 0 fully saturated rings. The molecular formula is C21H18F3NO3S. The van der Waals surface area contributed by atoms with Gasteiger partial charge in [-0.3, -0.25) is 0 Å². The molecule has 0 saturated carbocycles. The number of alkyl halides is 2. The number of fused-ring (bicyclic) bond motifs is 2. The fourth-order valence-corrected chi connectivity index (χ4v) is 5.63. The third-order valence-electron chi connectivity index (χ3n) is 5.85. The molecule has 0 aliphatic heterocycles. The zero-order valence-corrected chi connectivity index (χ0v) is 16.3. The molecule has 0 spiro atoms. The lowest BCUT2D eigenvalue weighted by Crippen LogP contribution is -2.16. The van der Waals surface area contributed by atoms with Crippen molar-refractivity contribution in [2.24, 2.45) is 0 Å². The van der Waals surface area contributed by atoms with E-state index >= 15 is 0 Å². The molecule has 2 aromatic carbocycles. The summed E-state index contributed by atoms with van der Waals surface area (Å²) in [7, 11) is -3.83. The Hall–Kier alpha value is -2.37. The molecule has 0 radical (unpaired) electrons. The van der Waals surface area contributed by atoms with Gasteiger partial charge in [0.15, 0.2) is 22.2 Å². The highest BCUT2D eigenvalue weighted by atomic mass is 32.2. The van der Waals surface area contributed by atoms with E-state index in [0.717, 1.165) is 12.3 Å². The van der Waals surface area contributed by atoms with Crippen molar-refractivity contribution < 1.29 is 26.7 Å². The van der Waals surface area contributed by atoms with Crippen LogP contribution in [-0.4, -0.2) is 26.0 Å². The van der Waals surface area contributed by atoms with E-state index in [1.165, 1.54) is 18.2 Å². The molecule has 29 heavy (non-hydrogen) atoms. The Morgan fingerprint density at radius 1 is 1.17 bits per heavy atom. The van der Waals surface area contributed by atoms with E-state index in [2.05, 4.69) is 0 Å². The Kier molecular flexibility index (Phi) is 4.71. The van der Waals surface area contributed by atoms with Gasteiger partial charge in [0.05, 0.1) is 16.5 Å². The summed E-state index contributed by atoms with van der Waals surface area (Å²) in [5.41, 5.74) is 1.22. The molecule has 2 aromatic rings. The average Bonchev–Trinajstić information content (AvgIpc) is 2.90. The van der Waals surface area contributed by atoms with Crippen LogP contribution in [0.4, 0.5) is 13.2 Å². The summed E-state index contributed by atoms with van der Waals surface area (Å²) in [5, 5.41) is 19.7. The van der Waals surface area contributed by atoms with Gasteiger partial charge in [0.25, 0.3) is 0 Å². The molecular weight excluding hydrogens is 403 g/mol. The Bertz CT molecular complexity index is 1160. The minimum absolute atomic E-state index is 0.122. The van der Waals surface area contributed by atoms with Crippen LogP contribution in [0.2, 0.25) is 0 Å². The van der Waals surface area contributed by atoms with E-state index in [1.54, 1.807) is 0 Å². The summed E-state index contributed by atoms with van der Waals surface area (Å²) in [6.45, 7) is 0. The van der Waals surface area contributed by atoms with Crippen LogP contribution in [0.5, 0.6) is 0 Å². The quantitative estimate of drug-likeness (QED) is 0.796. The van der Waals surface area contributed by atoms with Gasteiger partial charge in [0.1, 0.15) is 11.9 Å². The predicted molar refractivity (Wildman–Crippen MR) is 99.2 cm³/mol. The van der Waals surface area contributed by atoms with Crippen molar-refractivity contribution in [2.45, 2.75) is 48.5 Å². The summed E-state index contributed by atoms with van der Waals surface area (Å²) in [6, 6.07) is 7.11. The second-order valence-corrected chi connectivity index (χ2v) is 9.61. The van der Waals surface area contributed by atoms with Crippen molar-refractivity contribution >= 4 is 9.84 Å². The number of benzene rings is 2. The second-order valence-electron chi connectivity index (χ2n) is 7.63. The number of hydrogen-bond donors (Lipinski definition) is 1. The van der Waals surface area contributed by atoms with Gasteiger partial charge in [-0.15, -0.1) is 0 Å². The molecule has 4 nitrogen and oxygen atoms in total. The van der Waals surface area contributed by atoms with Gasteiger partial charge in [-0.05, 0) is 54.2 Å². The number of halogens is 3. The van der Waals surface area contributed by atoms with Crippen molar-refractivity contribution in [2.75, 3.05) is 6.26 Å². The van der Waals surface area contributed by atoms with Crippen LogP contribution in [0.1, 0.15) is 64.4 Å². The lowest BCUT2D eigenvalue weighted by atomic mass is 9.75. The topological polar surface area (TPSA) is 78.2 Å². The van der Waals surface area contributed by atoms with Crippen LogP contribution >= 0.6 is 0 Å². The number of aliphatic hydroxyl groups excluding tert-OH is 1. The number of nitriles is 1. The fourth-order valence-electron chi connectivity index (χ4n) is 4.69. The smallest absolute Gasteiger partial charge is 0.175 e. The maximum atomic E-state index is 14.9. The standard InChI is InChI=1S/C21H18F3NO3S/c1-29(27,28)15-6-5-14(17-18(15)21(26)20(24)19(17)23)13-4-2-3-10-7-12(22)8-11(9-25)16(10)13/h5-8,13,19-21,26H,2-4H2,1H3/t13-,19?,20-,21+/m1/s1. The Balaban J connectivity index is 2.00. The molecule has 1 N–H and O–H groups in total. The minimum Gasteiger partial charge on any atom is -0.385 e. The first-order valence-electron chi connectivity index (χ1n) is 9.20. The zero-order valence-electron chi connectivity index (χ0n) is 15.5. The molecule has 0 aromatic heterocycles. The molecule has 152 valence electrons. The third-order valence-corrected chi connectivity index (χ3v) is 7.00. The lowest BCUT2D eigenvalue weighted by molar-refractivity contribution is 0.0455. The van der Waals surface area contributed by atoms with Crippen molar-refractivity contribution in [1.29, 1.82) is 5.26 Å². The van der Waals surface area contributed by atoms with E-state index in [4.69, 9.17) is 0 Å². The van der Waals surface area contributed by atoms with Gasteiger partial charge in [-0.25, -0.2) is 21.6 Å². The van der Waals surface area contributed by atoms with Crippen LogP contribution in [0, 0.1) is 17.1 Å². The number of aryl methyl sites for hydroxylation is 1. The van der Waals surface area contributed by atoms with Crippen LogP contribution in [0.25, 0.3) is 0 Å².